The van der Waals surface area contributed by atoms with Gasteiger partial charge in [0.1, 0.15) is 0 Å². The number of rotatable bonds is 2. The standard InChI is InChI=1S/C6H10O4.C4H10O2/c7-5-6(8,9)3-1-2-4-10-5;1-2-3-4(5)6/h8-9H,1-4H2;4-6H,2-3H2,1H3. The average molecular weight is 236 g/mol. The fourth-order valence-electron chi connectivity index (χ4n) is 1.11. The number of esters is 1. The molecular weight excluding hydrogens is 216 g/mol. The Kier molecular flexibility index (Phi) is 7.24. The van der Waals surface area contributed by atoms with Crippen molar-refractivity contribution in [1.82, 2.24) is 0 Å². The van der Waals surface area contributed by atoms with E-state index < -0.39 is 18.0 Å². The van der Waals surface area contributed by atoms with Crippen LogP contribution in [-0.4, -0.2) is 45.1 Å². The Morgan fingerprint density at radius 1 is 1.38 bits per heavy atom. The number of aliphatic hydroxyl groups is 4. The van der Waals surface area contributed by atoms with Crippen LogP contribution in [0.3, 0.4) is 0 Å². The number of carbonyl (C=O) groups excluding carboxylic acids is 1. The summed E-state index contributed by atoms with van der Waals surface area (Å²) in [6.45, 7) is 2.20. The molecule has 0 unspecified atom stereocenters. The number of hydrogen-bond donors (Lipinski definition) is 4. The fourth-order valence-corrected chi connectivity index (χ4v) is 1.11. The van der Waals surface area contributed by atoms with Crippen LogP contribution in [0.1, 0.15) is 39.0 Å². The Morgan fingerprint density at radius 3 is 2.44 bits per heavy atom. The third-order valence-corrected chi connectivity index (χ3v) is 2.03. The van der Waals surface area contributed by atoms with E-state index in [1.165, 1.54) is 0 Å². The van der Waals surface area contributed by atoms with E-state index >= 15 is 0 Å². The van der Waals surface area contributed by atoms with E-state index in [-0.39, 0.29) is 6.42 Å². The fraction of sp³-hybridized carbons (Fsp3) is 0.900. The predicted molar refractivity (Wildman–Crippen MR) is 55.1 cm³/mol. The Bertz CT molecular complexity index is 201. The van der Waals surface area contributed by atoms with Crippen LogP contribution in [0.25, 0.3) is 0 Å². The second-order valence-electron chi connectivity index (χ2n) is 3.68. The van der Waals surface area contributed by atoms with Gasteiger partial charge < -0.3 is 25.2 Å². The molecule has 1 aliphatic rings. The van der Waals surface area contributed by atoms with Crippen molar-refractivity contribution < 1.29 is 30.0 Å². The van der Waals surface area contributed by atoms with Gasteiger partial charge >= 0.3 is 5.97 Å². The molecule has 0 aliphatic carbocycles. The number of ether oxygens (including phenoxy) is 1. The summed E-state index contributed by atoms with van der Waals surface area (Å²) in [5.41, 5.74) is 0. The summed E-state index contributed by atoms with van der Waals surface area (Å²) in [5, 5.41) is 34.0. The highest BCUT2D eigenvalue weighted by atomic mass is 16.6. The van der Waals surface area contributed by atoms with Crippen molar-refractivity contribution in [2.45, 2.75) is 51.1 Å². The molecule has 96 valence electrons. The Labute approximate surface area is 94.5 Å². The van der Waals surface area contributed by atoms with E-state index in [9.17, 15) is 4.79 Å². The molecule has 1 fully saturated rings. The van der Waals surface area contributed by atoms with Gasteiger partial charge in [0.05, 0.1) is 6.61 Å². The van der Waals surface area contributed by atoms with Gasteiger partial charge in [-0.05, 0) is 19.3 Å². The van der Waals surface area contributed by atoms with Crippen LogP contribution in [0.15, 0.2) is 0 Å². The molecule has 16 heavy (non-hydrogen) atoms. The number of carbonyl (C=O) groups is 1. The third kappa shape index (κ3) is 6.73. The molecular formula is C10H20O6. The molecule has 0 atom stereocenters. The van der Waals surface area contributed by atoms with Gasteiger partial charge in [0.25, 0.3) is 5.79 Å². The van der Waals surface area contributed by atoms with E-state index in [4.69, 9.17) is 20.4 Å². The minimum Gasteiger partial charge on any atom is -0.462 e. The minimum absolute atomic E-state index is 0.0752. The normalized spacial score (nSPS) is 19.5. The molecule has 1 saturated heterocycles. The summed E-state index contributed by atoms with van der Waals surface area (Å²) in [6.07, 6.45) is 1.60. The van der Waals surface area contributed by atoms with Gasteiger partial charge in [-0.15, -0.1) is 0 Å². The largest absolute Gasteiger partial charge is 0.462 e. The lowest BCUT2D eigenvalue weighted by Gasteiger charge is -2.14. The molecule has 0 bridgehead atoms. The van der Waals surface area contributed by atoms with Crippen molar-refractivity contribution >= 4 is 5.97 Å². The molecule has 0 aromatic carbocycles. The first-order valence-electron chi connectivity index (χ1n) is 5.38. The average Bonchev–Trinajstić information content (AvgIpc) is 2.30. The summed E-state index contributed by atoms with van der Waals surface area (Å²) in [4.78, 5) is 10.6. The van der Waals surface area contributed by atoms with Gasteiger partial charge in [-0.1, -0.05) is 13.3 Å². The van der Waals surface area contributed by atoms with Crippen molar-refractivity contribution in [2.24, 2.45) is 0 Å². The summed E-state index contributed by atoms with van der Waals surface area (Å²) in [7, 11) is 0. The Hall–Kier alpha value is -0.690. The first kappa shape index (κ1) is 15.3. The molecule has 0 aromatic heterocycles. The number of aliphatic hydroxyl groups excluding tert-OH is 1. The lowest BCUT2D eigenvalue weighted by molar-refractivity contribution is -0.207. The second kappa shape index (κ2) is 7.56. The highest BCUT2D eigenvalue weighted by Gasteiger charge is 2.35. The van der Waals surface area contributed by atoms with Gasteiger partial charge in [0, 0.05) is 6.42 Å². The first-order valence-corrected chi connectivity index (χ1v) is 5.38. The summed E-state index contributed by atoms with van der Waals surface area (Å²) in [5.74, 6) is -3.17. The van der Waals surface area contributed by atoms with Crippen LogP contribution in [0.4, 0.5) is 0 Å². The van der Waals surface area contributed by atoms with Crippen LogP contribution < -0.4 is 0 Å². The van der Waals surface area contributed by atoms with Gasteiger partial charge in [0.2, 0.25) is 0 Å². The molecule has 4 N–H and O–H groups in total. The molecule has 0 radical (unpaired) electrons. The maximum atomic E-state index is 10.6. The Morgan fingerprint density at radius 2 is 2.00 bits per heavy atom. The highest BCUT2D eigenvalue weighted by Crippen LogP contribution is 2.16. The van der Waals surface area contributed by atoms with Crippen LogP contribution in [0, 0.1) is 0 Å². The zero-order chi connectivity index (χ0) is 12.6. The van der Waals surface area contributed by atoms with Crippen LogP contribution >= 0.6 is 0 Å². The summed E-state index contributed by atoms with van der Waals surface area (Å²) in [6, 6.07) is 0. The SMILES string of the molecule is CCCC(O)O.O=C1OCCCCC1(O)O. The van der Waals surface area contributed by atoms with Crippen molar-refractivity contribution in [3.8, 4) is 0 Å². The van der Waals surface area contributed by atoms with Gasteiger partial charge in [-0.25, -0.2) is 4.79 Å². The van der Waals surface area contributed by atoms with E-state index in [1.807, 2.05) is 6.92 Å². The van der Waals surface area contributed by atoms with Crippen molar-refractivity contribution in [3.05, 3.63) is 0 Å². The van der Waals surface area contributed by atoms with Gasteiger partial charge in [-0.3, -0.25) is 0 Å². The number of cyclic esters (lactones) is 1. The van der Waals surface area contributed by atoms with E-state index in [2.05, 4.69) is 4.74 Å². The summed E-state index contributed by atoms with van der Waals surface area (Å²) < 4.78 is 4.48. The Balaban J connectivity index is 0.000000325. The van der Waals surface area contributed by atoms with E-state index in [0.717, 1.165) is 6.42 Å². The molecule has 0 spiro atoms. The van der Waals surface area contributed by atoms with Crippen molar-refractivity contribution in [2.75, 3.05) is 6.61 Å². The predicted octanol–water partition coefficient (Wildman–Crippen LogP) is -0.508. The zero-order valence-electron chi connectivity index (χ0n) is 9.43. The maximum Gasteiger partial charge on any atom is 0.366 e. The minimum atomic E-state index is -2.24. The monoisotopic (exact) mass is 236 g/mol. The van der Waals surface area contributed by atoms with E-state index in [0.29, 0.717) is 25.9 Å². The molecule has 6 nitrogen and oxygen atoms in total. The van der Waals surface area contributed by atoms with Crippen LogP contribution in [-0.2, 0) is 9.53 Å². The van der Waals surface area contributed by atoms with Crippen molar-refractivity contribution in [3.63, 3.8) is 0 Å². The molecule has 0 saturated carbocycles. The van der Waals surface area contributed by atoms with Gasteiger partial charge in [-0.2, -0.15) is 0 Å². The zero-order valence-corrected chi connectivity index (χ0v) is 9.43. The van der Waals surface area contributed by atoms with Gasteiger partial charge in [0.15, 0.2) is 6.29 Å². The topological polar surface area (TPSA) is 107 Å². The third-order valence-electron chi connectivity index (χ3n) is 2.03. The molecule has 1 rings (SSSR count). The van der Waals surface area contributed by atoms with Crippen LogP contribution in [0.5, 0.6) is 0 Å². The maximum absolute atomic E-state index is 10.6. The van der Waals surface area contributed by atoms with Crippen LogP contribution in [0.2, 0.25) is 0 Å². The smallest absolute Gasteiger partial charge is 0.366 e. The van der Waals surface area contributed by atoms with Crippen molar-refractivity contribution in [1.29, 1.82) is 0 Å². The highest BCUT2D eigenvalue weighted by molar-refractivity contribution is 5.77. The molecule has 0 aromatic rings. The molecule has 0 amide bonds. The molecule has 1 heterocycles. The van der Waals surface area contributed by atoms with E-state index in [1.54, 1.807) is 0 Å². The quantitative estimate of drug-likeness (QED) is 0.380. The first-order chi connectivity index (χ1) is 7.40. The summed E-state index contributed by atoms with van der Waals surface area (Å²) >= 11 is 0. The molecule has 6 heteroatoms. The second-order valence-corrected chi connectivity index (χ2v) is 3.68. The number of hydrogen-bond acceptors (Lipinski definition) is 6. The lowest BCUT2D eigenvalue weighted by Crippen LogP contribution is -2.38. The molecule has 1 aliphatic heterocycles. The lowest BCUT2D eigenvalue weighted by atomic mass is 10.1.